The molecule has 29 heavy (non-hydrogen) atoms. The van der Waals surface area contributed by atoms with Gasteiger partial charge in [0, 0.05) is 6.07 Å². The van der Waals surface area contributed by atoms with Crippen LogP contribution in [0.3, 0.4) is 0 Å². The molecule has 0 aliphatic carbocycles. The molecule has 0 aliphatic heterocycles. The predicted octanol–water partition coefficient (Wildman–Crippen LogP) is 4.50. The van der Waals surface area contributed by atoms with Crippen LogP contribution in [0.25, 0.3) is 0 Å². The second-order valence-corrected chi connectivity index (χ2v) is 10.7. The summed E-state index contributed by atoms with van der Waals surface area (Å²) in [6.45, 7) is 3.09. The molecule has 0 unspecified atom stereocenters. The van der Waals surface area contributed by atoms with Gasteiger partial charge >= 0.3 is 24.9 Å². The minimum atomic E-state index is -2.87. The highest BCUT2D eigenvalue weighted by Crippen LogP contribution is 2.66. The van der Waals surface area contributed by atoms with Crippen LogP contribution in [0.15, 0.2) is 18.3 Å². The molecular formula is C13H23N3O9P2S2. The SMILES string of the molecule is CCOP(=S)(OCC)OP(=S)(OCC)OCC.O=[N+]([O-])c1cccnc1[N+](=O)[O-]. The maximum absolute atomic E-state index is 10.2. The van der Waals surface area contributed by atoms with Crippen molar-refractivity contribution >= 4 is 48.6 Å². The first kappa shape index (κ1) is 28.1. The largest absolute Gasteiger partial charge is 0.442 e. The van der Waals surface area contributed by atoms with Gasteiger partial charge in [-0.1, -0.05) is 0 Å². The summed E-state index contributed by atoms with van der Waals surface area (Å²) in [5, 5.41) is 20.4. The summed E-state index contributed by atoms with van der Waals surface area (Å²) in [6.07, 6.45) is 1.13. The summed E-state index contributed by atoms with van der Waals surface area (Å²) in [5.74, 6) is -0.734. The number of hydrogen-bond donors (Lipinski definition) is 0. The third-order valence-corrected chi connectivity index (χ3v) is 8.85. The van der Waals surface area contributed by atoms with Gasteiger partial charge in [0.2, 0.25) is 0 Å². The molecule has 0 radical (unpaired) electrons. The van der Waals surface area contributed by atoms with Crippen LogP contribution < -0.4 is 0 Å². The molecule has 0 saturated heterocycles. The lowest BCUT2D eigenvalue weighted by molar-refractivity contribution is -0.425. The normalized spacial score (nSPS) is 11.4. The first-order valence-electron chi connectivity index (χ1n) is 8.31. The van der Waals surface area contributed by atoms with Crippen LogP contribution in [-0.4, -0.2) is 41.3 Å². The number of aromatic nitrogens is 1. The standard InChI is InChI=1S/C8H20O5P2S2.C5H3N3O4/c1-5-9-14(16,10-6-2)13-15(17,11-7-3)12-8-4;9-7(10)4-2-1-3-6-5(4)8(11)12/h5-8H2,1-4H3;1-3H. The molecule has 0 aromatic carbocycles. The van der Waals surface area contributed by atoms with Crippen LogP contribution >= 0.6 is 13.4 Å². The second kappa shape index (κ2) is 14.1. The van der Waals surface area contributed by atoms with E-state index in [1.54, 1.807) is 0 Å². The fraction of sp³-hybridized carbons (Fsp3) is 0.615. The molecule has 166 valence electrons. The van der Waals surface area contributed by atoms with Gasteiger partial charge in [0.1, 0.15) is 6.20 Å². The molecule has 1 aromatic heterocycles. The first-order valence-corrected chi connectivity index (χ1v) is 13.4. The van der Waals surface area contributed by atoms with Gasteiger partial charge in [-0.15, -0.1) is 0 Å². The van der Waals surface area contributed by atoms with E-state index < -0.39 is 34.8 Å². The van der Waals surface area contributed by atoms with Crippen LogP contribution in [0, 0.1) is 20.2 Å². The molecular weight excluding hydrogens is 468 g/mol. The summed E-state index contributed by atoms with van der Waals surface area (Å²) in [5.41, 5.74) is -0.595. The molecule has 1 rings (SSSR count). The quantitative estimate of drug-likeness (QED) is 0.230. The molecule has 0 atom stereocenters. The molecule has 0 bridgehead atoms. The summed E-state index contributed by atoms with van der Waals surface area (Å²) >= 11 is 10.4. The van der Waals surface area contributed by atoms with Crippen LogP contribution in [0.1, 0.15) is 27.7 Å². The number of hydrogen-bond acceptors (Lipinski definition) is 12. The highest BCUT2D eigenvalue weighted by molar-refractivity contribution is 8.14. The van der Waals surface area contributed by atoms with Crippen molar-refractivity contribution in [3.63, 3.8) is 0 Å². The number of pyridine rings is 1. The van der Waals surface area contributed by atoms with Crippen LogP contribution in [-0.2, 0) is 46.0 Å². The van der Waals surface area contributed by atoms with E-state index in [9.17, 15) is 20.2 Å². The van der Waals surface area contributed by atoms with Gasteiger partial charge in [-0.2, -0.15) is 0 Å². The fourth-order valence-corrected chi connectivity index (χ4v) is 7.97. The van der Waals surface area contributed by atoms with Crippen LogP contribution in [0.2, 0.25) is 0 Å². The molecule has 0 N–H and O–H groups in total. The zero-order valence-corrected chi connectivity index (χ0v) is 19.7. The number of nitrogens with zero attached hydrogens (tertiary/aromatic N) is 3. The van der Waals surface area contributed by atoms with E-state index >= 15 is 0 Å². The van der Waals surface area contributed by atoms with E-state index in [4.69, 9.17) is 46.0 Å². The Morgan fingerprint density at radius 3 is 1.59 bits per heavy atom. The third kappa shape index (κ3) is 10.6. The molecule has 16 heteroatoms. The second-order valence-electron chi connectivity index (χ2n) is 4.51. The Kier molecular flexibility index (Phi) is 13.7. The Labute approximate surface area is 178 Å². The molecule has 0 fully saturated rings. The van der Waals surface area contributed by atoms with Gasteiger partial charge < -0.3 is 28.2 Å². The Morgan fingerprint density at radius 1 is 0.897 bits per heavy atom. The van der Waals surface area contributed by atoms with Crippen molar-refractivity contribution in [2.45, 2.75) is 27.7 Å². The molecule has 0 aliphatic rings. The highest BCUT2D eigenvalue weighted by atomic mass is 32.5. The van der Waals surface area contributed by atoms with Gasteiger partial charge in [0.25, 0.3) is 0 Å². The molecule has 12 nitrogen and oxygen atoms in total. The zero-order chi connectivity index (χ0) is 22.5. The van der Waals surface area contributed by atoms with E-state index in [1.165, 1.54) is 6.07 Å². The van der Waals surface area contributed by atoms with Crippen molar-refractivity contribution in [3.8, 4) is 0 Å². The van der Waals surface area contributed by atoms with Gasteiger partial charge in [0.05, 0.1) is 31.4 Å². The molecule has 0 spiro atoms. The lowest BCUT2D eigenvalue weighted by atomic mass is 10.4. The van der Waals surface area contributed by atoms with Crippen molar-refractivity contribution < 1.29 is 32.3 Å². The maximum Gasteiger partial charge on any atom is 0.442 e. The molecule has 0 saturated carbocycles. The van der Waals surface area contributed by atoms with Crippen molar-refractivity contribution in [1.29, 1.82) is 0 Å². The van der Waals surface area contributed by atoms with Crippen LogP contribution in [0.5, 0.6) is 0 Å². The van der Waals surface area contributed by atoms with Crippen LogP contribution in [0.4, 0.5) is 11.5 Å². The smallest absolute Gasteiger partial charge is 0.358 e. The Hall–Kier alpha value is -0.950. The fourth-order valence-electron chi connectivity index (χ4n) is 1.60. The average Bonchev–Trinajstić information content (AvgIpc) is 2.62. The monoisotopic (exact) mass is 491 g/mol. The van der Waals surface area contributed by atoms with Crippen molar-refractivity contribution in [2.75, 3.05) is 26.4 Å². The minimum absolute atomic E-state index is 0.394. The Bertz CT molecular complexity index is 688. The summed E-state index contributed by atoms with van der Waals surface area (Å²) in [4.78, 5) is 21.9. The highest BCUT2D eigenvalue weighted by Gasteiger charge is 2.32. The van der Waals surface area contributed by atoms with E-state index in [2.05, 4.69) is 4.98 Å². The van der Waals surface area contributed by atoms with Gasteiger partial charge in [-0.05, 0) is 67.3 Å². The Morgan fingerprint density at radius 2 is 1.31 bits per heavy atom. The minimum Gasteiger partial charge on any atom is -0.358 e. The topological polar surface area (TPSA) is 145 Å². The van der Waals surface area contributed by atoms with Gasteiger partial charge in [-0.3, -0.25) is 10.1 Å². The van der Waals surface area contributed by atoms with Gasteiger partial charge in [0.15, 0.2) is 0 Å². The van der Waals surface area contributed by atoms with Crippen molar-refractivity contribution in [1.82, 2.24) is 4.98 Å². The summed E-state index contributed by atoms with van der Waals surface area (Å²) < 4.78 is 26.9. The maximum atomic E-state index is 10.2. The van der Waals surface area contributed by atoms with Crippen molar-refractivity contribution in [2.24, 2.45) is 0 Å². The van der Waals surface area contributed by atoms with E-state index in [0.29, 0.717) is 26.4 Å². The molecule has 1 heterocycles. The van der Waals surface area contributed by atoms with Gasteiger partial charge in [-0.25, -0.2) is 4.31 Å². The molecule has 1 aromatic rings. The lowest BCUT2D eigenvalue weighted by Crippen LogP contribution is -2.03. The predicted molar refractivity (Wildman–Crippen MR) is 114 cm³/mol. The number of nitro groups is 2. The van der Waals surface area contributed by atoms with E-state index in [0.717, 1.165) is 12.3 Å². The van der Waals surface area contributed by atoms with E-state index in [-0.39, 0.29) is 0 Å². The van der Waals surface area contributed by atoms with E-state index in [1.807, 2.05) is 27.7 Å². The summed E-state index contributed by atoms with van der Waals surface area (Å²) in [6, 6.07) is 2.30. The zero-order valence-electron chi connectivity index (χ0n) is 16.3. The third-order valence-electron chi connectivity index (χ3n) is 2.48. The lowest BCUT2D eigenvalue weighted by Gasteiger charge is -2.27. The average molecular weight is 491 g/mol. The Balaban J connectivity index is 0.000000571. The van der Waals surface area contributed by atoms with Crippen molar-refractivity contribution in [3.05, 3.63) is 38.6 Å². The number of rotatable bonds is 12. The summed E-state index contributed by atoms with van der Waals surface area (Å²) in [7, 11) is 0. The molecule has 0 amide bonds. The first-order chi connectivity index (χ1) is 13.6.